The molecule has 0 fully saturated rings. The fourth-order valence-corrected chi connectivity index (χ4v) is 1.59. The molecular formula is C13H23NO8. The van der Waals surface area contributed by atoms with Crippen molar-refractivity contribution in [3.63, 3.8) is 0 Å². The van der Waals surface area contributed by atoms with E-state index in [0.29, 0.717) is 0 Å². The lowest BCUT2D eigenvalue weighted by Gasteiger charge is -2.26. The molecule has 0 rings (SSSR count). The summed E-state index contributed by atoms with van der Waals surface area (Å²) in [6, 6.07) is 0. The first-order valence-corrected chi connectivity index (χ1v) is 6.68. The van der Waals surface area contributed by atoms with Gasteiger partial charge in [-0.05, 0) is 13.0 Å². The van der Waals surface area contributed by atoms with Crippen LogP contribution in [0.2, 0.25) is 0 Å². The molecule has 0 saturated heterocycles. The molecule has 6 N–H and O–H groups in total. The summed E-state index contributed by atoms with van der Waals surface area (Å²) in [5.74, 6) is -1.50. The van der Waals surface area contributed by atoms with E-state index in [9.17, 15) is 24.9 Å². The van der Waals surface area contributed by atoms with Crippen LogP contribution in [0.4, 0.5) is 0 Å². The van der Waals surface area contributed by atoms with Crippen molar-refractivity contribution in [2.45, 2.75) is 44.0 Å². The van der Waals surface area contributed by atoms with Crippen molar-refractivity contribution < 1.29 is 39.9 Å². The van der Waals surface area contributed by atoms with Crippen LogP contribution in [-0.2, 0) is 14.3 Å². The van der Waals surface area contributed by atoms with Crippen molar-refractivity contribution in [2.75, 3.05) is 13.2 Å². The lowest BCUT2D eigenvalue weighted by Crippen LogP contribution is -2.50. The number of Topliss-reactive ketones (excluding diaryl/α,β-unsaturated/α-hetero) is 1. The van der Waals surface area contributed by atoms with Crippen molar-refractivity contribution in [1.29, 1.82) is 0 Å². The third-order valence-corrected chi connectivity index (χ3v) is 2.83. The number of carbonyl (C=O) groups excluding carboxylic acids is 2. The summed E-state index contributed by atoms with van der Waals surface area (Å²) in [6.45, 7) is 4.20. The minimum atomic E-state index is -2.01. The Labute approximate surface area is 127 Å². The number of carbonyl (C=O) groups is 2. The van der Waals surface area contributed by atoms with Crippen LogP contribution in [0.15, 0.2) is 12.7 Å². The lowest BCUT2D eigenvalue weighted by molar-refractivity contribution is -0.150. The van der Waals surface area contributed by atoms with Gasteiger partial charge >= 0.3 is 0 Å². The number of hydrogen-bond acceptors (Lipinski definition) is 8. The molecule has 0 aromatic heterocycles. The third kappa shape index (κ3) is 6.60. The van der Waals surface area contributed by atoms with Crippen molar-refractivity contribution in [2.24, 2.45) is 0 Å². The number of nitrogens with one attached hydrogen (secondary N) is 1. The molecular weight excluding hydrogens is 298 g/mol. The zero-order chi connectivity index (χ0) is 17.3. The zero-order valence-electron chi connectivity index (χ0n) is 12.3. The number of rotatable bonds is 11. The van der Waals surface area contributed by atoms with Gasteiger partial charge in [-0.25, -0.2) is 0 Å². The van der Waals surface area contributed by atoms with E-state index >= 15 is 0 Å². The van der Waals surface area contributed by atoms with Gasteiger partial charge in [0.2, 0.25) is 5.91 Å². The second kappa shape index (κ2) is 10.4. The fraction of sp³-hybridized carbons (Fsp3) is 0.692. The Balaban J connectivity index is 4.70. The summed E-state index contributed by atoms with van der Waals surface area (Å²) in [6.07, 6.45) is -8.15. The Bertz CT molecular complexity index is 375. The molecule has 0 heterocycles. The summed E-state index contributed by atoms with van der Waals surface area (Å²) in [4.78, 5) is 23.0. The topological polar surface area (TPSA) is 157 Å². The van der Waals surface area contributed by atoms with Crippen LogP contribution in [0.1, 0.15) is 13.3 Å². The second-order valence-electron chi connectivity index (χ2n) is 4.50. The lowest BCUT2D eigenvalue weighted by atomic mass is 9.98. The van der Waals surface area contributed by atoms with Crippen LogP contribution in [0, 0.1) is 0 Å². The van der Waals surface area contributed by atoms with Gasteiger partial charge in [-0.3, -0.25) is 9.59 Å². The molecule has 0 bridgehead atoms. The second-order valence-corrected chi connectivity index (χ2v) is 4.50. The van der Waals surface area contributed by atoms with E-state index in [4.69, 9.17) is 14.9 Å². The van der Waals surface area contributed by atoms with Crippen LogP contribution in [0.25, 0.3) is 0 Å². The quantitative estimate of drug-likeness (QED) is 0.174. The van der Waals surface area contributed by atoms with Gasteiger partial charge in [0.05, 0.1) is 13.0 Å². The molecule has 9 heteroatoms. The number of ketones is 1. The van der Waals surface area contributed by atoms with Crippen LogP contribution in [-0.4, -0.2) is 81.1 Å². The minimum Gasteiger partial charge on any atom is -0.394 e. The van der Waals surface area contributed by atoms with E-state index < -0.39 is 55.4 Å². The predicted molar refractivity (Wildman–Crippen MR) is 74.5 cm³/mol. The first kappa shape index (κ1) is 20.6. The van der Waals surface area contributed by atoms with Gasteiger partial charge in [-0.1, -0.05) is 6.58 Å². The van der Waals surface area contributed by atoms with Crippen molar-refractivity contribution in [3.8, 4) is 0 Å². The summed E-state index contributed by atoms with van der Waals surface area (Å²) in [7, 11) is 0. The molecule has 0 aliphatic rings. The zero-order valence-corrected chi connectivity index (χ0v) is 12.3. The molecule has 22 heavy (non-hydrogen) atoms. The number of hydrogen-bond donors (Lipinski definition) is 6. The Hall–Kier alpha value is -1.36. The standard InChI is InChI=1S/C13H23NO8/c1-3-9(18)14-10(22-4-2)5-7(16)11(19)13(21)12(20)8(17)6-15/h3,8,10-13,15,17,19-21H,1,4-6H2,2H3,(H,14,18)/t8-,10?,11+,12-,13-/m1/s1. The highest BCUT2D eigenvalue weighted by Crippen LogP contribution is 2.09. The molecule has 9 nitrogen and oxygen atoms in total. The summed E-state index contributed by atoms with van der Waals surface area (Å²) >= 11 is 0. The van der Waals surface area contributed by atoms with Gasteiger partial charge in [0.15, 0.2) is 5.78 Å². The van der Waals surface area contributed by atoms with Crippen molar-refractivity contribution in [1.82, 2.24) is 5.32 Å². The first-order chi connectivity index (χ1) is 10.3. The predicted octanol–water partition coefficient (Wildman–Crippen LogP) is -2.95. The number of ether oxygens (including phenoxy) is 1. The fourth-order valence-electron chi connectivity index (χ4n) is 1.59. The van der Waals surface area contributed by atoms with Crippen molar-refractivity contribution >= 4 is 11.7 Å². The Morgan fingerprint density at radius 3 is 2.27 bits per heavy atom. The highest BCUT2D eigenvalue weighted by Gasteiger charge is 2.34. The highest BCUT2D eigenvalue weighted by molar-refractivity contribution is 5.88. The van der Waals surface area contributed by atoms with Gasteiger partial charge in [-0.2, -0.15) is 0 Å². The maximum atomic E-state index is 11.8. The highest BCUT2D eigenvalue weighted by atomic mass is 16.5. The average Bonchev–Trinajstić information content (AvgIpc) is 2.51. The number of amides is 1. The van der Waals surface area contributed by atoms with Crippen LogP contribution in [0.3, 0.4) is 0 Å². The molecule has 0 spiro atoms. The molecule has 1 unspecified atom stereocenters. The van der Waals surface area contributed by atoms with Crippen LogP contribution >= 0.6 is 0 Å². The van der Waals surface area contributed by atoms with E-state index in [1.807, 2.05) is 0 Å². The summed E-state index contributed by atoms with van der Waals surface area (Å²) < 4.78 is 5.10. The molecule has 0 radical (unpaired) electrons. The molecule has 0 aromatic rings. The minimum absolute atomic E-state index is 0.180. The van der Waals surface area contributed by atoms with E-state index in [1.54, 1.807) is 6.92 Å². The molecule has 128 valence electrons. The smallest absolute Gasteiger partial charge is 0.245 e. The largest absolute Gasteiger partial charge is 0.394 e. The summed E-state index contributed by atoms with van der Waals surface area (Å²) in [5, 5.41) is 48.8. The molecule has 0 saturated carbocycles. The van der Waals surface area contributed by atoms with E-state index in [0.717, 1.165) is 6.08 Å². The van der Waals surface area contributed by atoms with Gasteiger partial charge in [-0.15, -0.1) is 0 Å². The summed E-state index contributed by atoms with van der Waals surface area (Å²) in [5.41, 5.74) is 0. The maximum Gasteiger partial charge on any atom is 0.245 e. The number of aliphatic hydroxyl groups excluding tert-OH is 5. The van der Waals surface area contributed by atoms with E-state index in [-0.39, 0.29) is 6.61 Å². The van der Waals surface area contributed by atoms with Gasteiger partial charge in [0.25, 0.3) is 0 Å². The average molecular weight is 321 g/mol. The van der Waals surface area contributed by atoms with Crippen molar-refractivity contribution in [3.05, 3.63) is 12.7 Å². The van der Waals surface area contributed by atoms with Crippen LogP contribution in [0.5, 0.6) is 0 Å². The Morgan fingerprint density at radius 1 is 1.23 bits per heavy atom. The van der Waals surface area contributed by atoms with Gasteiger partial charge in [0, 0.05) is 6.61 Å². The van der Waals surface area contributed by atoms with Gasteiger partial charge in [0.1, 0.15) is 30.6 Å². The normalized spacial score (nSPS) is 17.9. The van der Waals surface area contributed by atoms with E-state index in [1.165, 1.54) is 0 Å². The monoisotopic (exact) mass is 321 g/mol. The Morgan fingerprint density at radius 2 is 1.82 bits per heavy atom. The van der Waals surface area contributed by atoms with Crippen LogP contribution < -0.4 is 5.32 Å². The molecule has 0 aliphatic heterocycles. The first-order valence-electron chi connectivity index (χ1n) is 6.68. The van der Waals surface area contributed by atoms with Gasteiger partial charge < -0.3 is 35.6 Å². The third-order valence-electron chi connectivity index (χ3n) is 2.83. The maximum absolute atomic E-state index is 11.8. The molecule has 1 amide bonds. The number of aliphatic hydroxyl groups is 5. The SMILES string of the molecule is C=CC(=O)NC(CC(=O)[C@H](O)[C@@H](O)[C@H](O)[C@H](O)CO)OCC. The molecule has 0 aromatic carbocycles. The van der Waals surface area contributed by atoms with E-state index in [2.05, 4.69) is 11.9 Å². The molecule has 0 aliphatic carbocycles. The Kier molecular flexibility index (Phi) is 9.74. The molecule has 5 atom stereocenters.